The highest BCUT2D eigenvalue weighted by Crippen LogP contribution is 2.34. The van der Waals surface area contributed by atoms with Crippen LogP contribution in [0.5, 0.6) is 5.75 Å². The van der Waals surface area contributed by atoms with Gasteiger partial charge in [-0.1, -0.05) is 36.5 Å². The van der Waals surface area contributed by atoms with Gasteiger partial charge in [-0.25, -0.2) is 8.42 Å². The van der Waals surface area contributed by atoms with E-state index in [1.165, 1.54) is 12.1 Å². The summed E-state index contributed by atoms with van der Waals surface area (Å²) in [6.45, 7) is 2.55. The molecule has 0 spiro atoms. The third kappa shape index (κ3) is 4.99. The van der Waals surface area contributed by atoms with Crippen molar-refractivity contribution >= 4 is 38.9 Å². The van der Waals surface area contributed by atoms with Crippen LogP contribution in [0.1, 0.15) is 36.5 Å². The van der Waals surface area contributed by atoms with E-state index in [9.17, 15) is 13.2 Å². The van der Waals surface area contributed by atoms with E-state index >= 15 is 0 Å². The fourth-order valence-electron chi connectivity index (χ4n) is 2.33. The second-order valence-corrected chi connectivity index (χ2v) is 8.59. The van der Waals surface area contributed by atoms with Crippen molar-refractivity contribution in [3.8, 4) is 5.75 Å². The van der Waals surface area contributed by atoms with Crippen LogP contribution < -0.4 is 10.1 Å². The molecule has 1 N–H and O–H groups in total. The molecule has 5 nitrogen and oxygen atoms in total. The van der Waals surface area contributed by atoms with Crippen LogP contribution in [0, 0.1) is 0 Å². The zero-order valence-corrected chi connectivity index (χ0v) is 15.1. The Kier molecular flexibility index (Phi) is 6.17. The molecule has 1 aliphatic rings. The van der Waals surface area contributed by atoms with Crippen molar-refractivity contribution in [2.24, 2.45) is 0 Å². The molecule has 0 aliphatic carbocycles. The van der Waals surface area contributed by atoms with E-state index in [1.807, 2.05) is 6.92 Å². The van der Waals surface area contributed by atoms with Crippen LogP contribution in [0.15, 0.2) is 12.1 Å². The summed E-state index contributed by atoms with van der Waals surface area (Å²) >= 11 is 12.3. The fraction of sp³-hybridized carbons (Fsp3) is 0.533. The maximum atomic E-state index is 12.2. The number of hydrogen-bond donors (Lipinski definition) is 1. The van der Waals surface area contributed by atoms with Crippen LogP contribution >= 0.6 is 23.2 Å². The first-order valence-corrected chi connectivity index (χ1v) is 10.0. The smallest absolute Gasteiger partial charge is 0.251 e. The van der Waals surface area contributed by atoms with E-state index in [4.69, 9.17) is 27.9 Å². The van der Waals surface area contributed by atoms with E-state index < -0.39 is 15.7 Å². The minimum absolute atomic E-state index is 0.0293. The number of nitrogens with one attached hydrogen (secondary N) is 1. The maximum absolute atomic E-state index is 12.2. The molecule has 0 aromatic heterocycles. The van der Waals surface area contributed by atoms with Crippen molar-refractivity contribution in [2.45, 2.75) is 32.2 Å². The van der Waals surface area contributed by atoms with Gasteiger partial charge in [-0.15, -0.1) is 0 Å². The van der Waals surface area contributed by atoms with Crippen LogP contribution in [0.2, 0.25) is 10.0 Å². The van der Waals surface area contributed by atoms with Crippen molar-refractivity contribution in [3.63, 3.8) is 0 Å². The number of carbonyl (C=O) groups excluding carboxylic acids is 1. The molecule has 1 saturated heterocycles. The zero-order valence-electron chi connectivity index (χ0n) is 12.8. The van der Waals surface area contributed by atoms with Gasteiger partial charge in [0.25, 0.3) is 5.91 Å². The number of benzene rings is 1. The normalized spacial score (nSPS) is 19.5. The zero-order chi connectivity index (χ0) is 17.0. The molecule has 1 aromatic rings. The second kappa shape index (κ2) is 7.73. The number of hydrogen-bond acceptors (Lipinski definition) is 4. The Hall–Kier alpha value is -0.980. The summed E-state index contributed by atoms with van der Waals surface area (Å²) in [5.74, 6) is 0.0417. The lowest BCUT2D eigenvalue weighted by atomic mass is 10.1. The second-order valence-electron chi connectivity index (χ2n) is 5.54. The summed E-state index contributed by atoms with van der Waals surface area (Å²) in [7, 11) is -3.05. The first-order chi connectivity index (χ1) is 10.8. The van der Waals surface area contributed by atoms with Crippen molar-refractivity contribution in [1.82, 2.24) is 5.32 Å². The van der Waals surface area contributed by atoms with Crippen molar-refractivity contribution < 1.29 is 17.9 Å². The molecule has 128 valence electrons. The Morgan fingerprint density at radius 3 is 2.52 bits per heavy atom. The van der Waals surface area contributed by atoms with Crippen molar-refractivity contribution in [2.75, 3.05) is 18.1 Å². The largest absolute Gasteiger partial charge is 0.490 e. The fourth-order valence-corrected chi connectivity index (χ4v) is 4.59. The van der Waals surface area contributed by atoms with Gasteiger partial charge in [-0.3, -0.25) is 4.79 Å². The van der Waals surface area contributed by atoms with Crippen molar-refractivity contribution in [1.29, 1.82) is 0 Å². The first kappa shape index (κ1) is 18.4. The molecule has 1 amide bonds. The number of carbonyl (C=O) groups is 1. The highest BCUT2D eigenvalue weighted by atomic mass is 35.5. The number of ether oxygens (including phenoxy) is 1. The minimum atomic E-state index is -3.05. The summed E-state index contributed by atoms with van der Waals surface area (Å²) < 4.78 is 28.4. The molecule has 1 fully saturated rings. The average Bonchev–Trinajstić information content (AvgIpc) is 2.80. The topological polar surface area (TPSA) is 72.5 Å². The molecular formula is C15H19Cl2NO4S. The summed E-state index contributed by atoms with van der Waals surface area (Å²) in [6, 6.07) is 2.59. The van der Waals surface area contributed by atoms with E-state index in [0.717, 1.165) is 12.8 Å². The van der Waals surface area contributed by atoms with Crippen LogP contribution in [0.3, 0.4) is 0 Å². The third-order valence-electron chi connectivity index (χ3n) is 3.57. The van der Waals surface area contributed by atoms with Gasteiger partial charge in [-0.05, 0) is 25.0 Å². The molecule has 1 aliphatic heterocycles. The van der Waals surface area contributed by atoms with Gasteiger partial charge in [-0.2, -0.15) is 0 Å². The van der Waals surface area contributed by atoms with E-state index in [0.29, 0.717) is 18.8 Å². The van der Waals surface area contributed by atoms with Gasteiger partial charge in [0.1, 0.15) is 0 Å². The molecule has 1 aromatic carbocycles. The van der Waals surface area contributed by atoms with Gasteiger partial charge in [0.05, 0.1) is 28.2 Å². The van der Waals surface area contributed by atoms with Gasteiger partial charge in [0, 0.05) is 11.6 Å². The van der Waals surface area contributed by atoms with Gasteiger partial charge in [0.15, 0.2) is 15.6 Å². The van der Waals surface area contributed by atoms with Gasteiger partial charge >= 0.3 is 0 Å². The summed E-state index contributed by atoms with van der Waals surface area (Å²) in [4.78, 5) is 12.2. The maximum Gasteiger partial charge on any atom is 0.251 e. The highest BCUT2D eigenvalue weighted by Gasteiger charge is 2.29. The molecule has 2 rings (SSSR count). The number of sulfone groups is 1. The Morgan fingerprint density at radius 2 is 2.00 bits per heavy atom. The van der Waals surface area contributed by atoms with Gasteiger partial charge < -0.3 is 10.1 Å². The van der Waals surface area contributed by atoms with E-state index in [2.05, 4.69) is 5.32 Å². The summed E-state index contributed by atoms with van der Waals surface area (Å²) in [5, 5.41) is 3.22. The minimum Gasteiger partial charge on any atom is -0.490 e. The molecule has 1 unspecified atom stereocenters. The van der Waals surface area contributed by atoms with Crippen LogP contribution in [0.25, 0.3) is 0 Å². The van der Waals surface area contributed by atoms with E-state index in [1.54, 1.807) is 0 Å². The number of amides is 1. The predicted molar refractivity (Wildman–Crippen MR) is 91.4 cm³/mol. The van der Waals surface area contributed by atoms with Gasteiger partial charge in [0.2, 0.25) is 0 Å². The van der Waals surface area contributed by atoms with Crippen LogP contribution in [-0.2, 0) is 9.84 Å². The van der Waals surface area contributed by atoms with Crippen molar-refractivity contribution in [3.05, 3.63) is 27.7 Å². The van der Waals surface area contributed by atoms with E-state index in [-0.39, 0.29) is 33.2 Å². The first-order valence-electron chi connectivity index (χ1n) is 7.45. The Balaban J connectivity index is 2.06. The van der Waals surface area contributed by atoms with Crippen LogP contribution in [-0.4, -0.2) is 38.5 Å². The molecule has 23 heavy (non-hydrogen) atoms. The predicted octanol–water partition coefficient (Wildman–Crippen LogP) is 3.09. The lowest BCUT2D eigenvalue weighted by molar-refractivity contribution is 0.0941. The monoisotopic (exact) mass is 379 g/mol. The number of halogens is 2. The molecule has 1 atom stereocenters. The molecule has 0 bridgehead atoms. The lowest BCUT2D eigenvalue weighted by Crippen LogP contribution is -2.35. The lowest BCUT2D eigenvalue weighted by Gasteiger charge is -2.14. The average molecular weight is 380 g/mol. The quantitative estimate of drug-likeness (QED) is 0.770. The molecular weight excluding hydrogens is 361 g/mol. The molecule has 8 heteroatoms. The molecule has 1 heterocycles. The Labute approximate surface area is 146 Å². The Bertz CT molecular complexity index is 668. The molecule has 0 saturated carbocycles. The number of unbranched alkanes of at least 4 members (excludes halogenated alkanes) is 1. The number of rotatable bonds is 6. The summed E-state index contributed by atoms with van der Waals surface area (Å²) in [6.07, 6.45) is 2.29. The van der Waals surface area contributed by atoms with Crippen LogP contribution in [0.4, 0.5) is 0 Å². The highest BCUT2D eigenvalue weighted by molar-refractivity contribution is 7.91. The summed E-state index contributed by atoms with van der Waals surface area (Å²) in [5.41, 5.74) is 0.284. The third-order valence-corrected chi connectivity index (χ3v) is 5.90. The standard InChI is InChI=1S/C15H19Cl2NO4S/c1-2-3-5-22-14-12(16)7-10(8-13(14)17)15(19)18-11-4-6-23(20,21)9-11/h7-8,11H,2-6,9H2,1H3,(H,18,19). The SMILES string of the molecule is CCCCOc1c(Cl)cc(C(=O)NC2CCS(=O)(=O)C2)cc1Cl. The molecule has 0 radical (unpaired) electrons. The Morgan fingerprint density at radius 1 is 1.35 bits per heavy atom.